The van der Waals surface area contributed by atoms with E-state index in [0.29, 0.717) is 41.0 Å². The van der Waals surface area contributed by atoms with Crippen molar-refractivity contribution in [1.29, 1.82) is 5.26 Å². The van der Waals surface area contributed by atoms with E-state index in [1.54, 1.807) is 12.1 Å². The molecule has 0 atom stereocenters. The molecule has 0 aliphatic rings. The van der Waals surface area contributed by atoms with Crippen LogP contribution in [-0.4, -0.2) is 25.6 Å². The molecule has 0 saturated heterocycles. The average molecular weight is 630 g/mol. The maximum atomic E-state index is 12.8. The summed E-state index contributed by atoms with van der Waals surface area (Å²) >= 11 is 8.13. The molecule has 0 unspecified atom stereocenters. The van der Waals surface area contributed by atoms with E-state index in [9.17, 15) is 10.1 Å². The fraction of sp³-hybridized carbons (Fsp3) is 0.241. The number of carbonyl (C=O) groups excluding carboxylic acids is 1. The summed E-state index contributed by atoms with van der Waals surface area (Å²) in [5.74, 6) is 0.666. The van der Waals surface area contributed by atoms with Crippen molar-refractivity contribution in [2.75, 3.05) is 29.9 Å². The van der Waals surface area contributed by atoms with Crippen molar-refractivity contribution in [3.05, 3.63) is 86.0 Å². The summed E-state index contributed by atoms with van der Waals surface area (Å²) in [5, 5.41) is 13.2. The lowest BCUT2D eigenvalue weighted by atomic mass is 10.1. The Balaban J connectivity index is 1.79. The Labute approximate surface area is 237 Å². The molecule has 0 fully saturated rings. The SMILES string of the molecule is CCOc1cc(/C=C(/C#N)C(=O)Nc2ccc(N(CC)CC)cc2)cc(I)c1OCc1ccc(Cl)cc1. The van der Waals surface area contributed by atoms with Crippen LogP contribution in [0.4, 0.5) is 11.4 Å². The summed E-state index contributed by atoms with van der Waals surface area (Å²) in [4.78, 5) is 15.1. The molecule has 0 aromatic heterocycles. The third-order valence-corrected chi connectivity index (χ3v) is 6.61. The summed E-state index contributed by atoms with van der Waals surface area (Å²) in [6, 6.07) is 20.7. The number of nitrogens with zero attached hydrogens (tertiary/aromatic N) is 2. The van der Waals surface area contributed by atoms with Crippen LogP contribution < -0.4 is 19.7 Å². The molecule has 8 heteroatoms. The van der Waals surface area contributed by atoms with Gasteiger partial charge in [-0.25, -0.2) is 0 Å². The van der Waals surface area contributed by atoms with Gasteiger partial charge in [0.2, 0.25) is 0 Å². The maximum absolute atomic E-state index is 12.8. The highest BCUT2D eigenvalue weighted by Gasteiger charge is 2.15. The van der Waals surface area contributed by atoms with Gasteiger partial charge in [0.1, 0.15) is 18.2 Å². The first-order chi connectivity index (χ1) is 17.9. The lowest BCUT2D eigenvalue weighted by Crippen LogP contribution is -2.21. The fourth-order valence-corrected chi connectivity index (χ4v) is 4.58. The molecule has 0 saturated carbocycles. The van der Waals surface area contributed by atoms with Gasteiger partial charge in [0, 0.05) is 29.5 Å². The van der Waals surface area contributed by atoms with Crippen LogP contribution in [0, 0.1) is 14.9 Å². The number of anilines is 2. The van der Waals surface area contributed by atoms with Gasteiger partial charge in [0.25, 0.3) is 5.91 Å². The number of nitriles is 1. The third kappa shape index (κ3) is 7.88. The van der Waals surface area contributed by atoms with Crippen molar-refractivity contribution in [1.82, 2.24) is 0 Å². The molecule has 1 amide bonds. The second-order valence-electron chi connectivity index (χ2n) is 8.02. The van der Waals surface area contributed by atoms with E-state index < -0.39 is 5.91 Å². The lowest BCUT2D eigenvalue weighted by Gasteiger charge is -2.21. The first-order valence-corrected chi connectivity index (χ1v) is 13.5. The summed E-state index contributed by atoms with van der Waals surface area (Å²) in [6.07, 6.45) is 1.55. The van der Waals surface area contributed by atoms with Gasteiger partial charge in [-0.05, 0) is 109 Å². The van der Waals surface area contributed by atoms with Crippen molar-refractivity contribution >= 4 is 57.5 Å². The van der Waals surface area contributed by atoms with E-state index in [4.69, 9.17) is 21.1 Å². The van der Waals surface area contributed by atoms with E-state index >= 15 is 0 Å². The van der Waals surface area contributed by atoms with Crippen LogP contribution in [0.15, 0.2) is 66.2 Å². The summed E-state index contributed by atoms with van der Waals surface area (Å²) in [6.45, 7) is 8.67. The number of hydrogen-bond acceptors (Lipinski definition) is 5. The Kier molecular flexibility index (Phi) is 10.7. The van der Waals surface area contributed by atoms with Crippen LogP contribution >= 0.6 is 34.2 Å². The van der Waals surface area contributed by atoms with Crippen LogP contribution in [0.1, 0.15) is 31.9 Å². The van der Waals surface area contributed by atoms with Crippen LogP contribution in [0.3, 0.4) is 0 Å². The molecule has 0 aliphatic carbocycles. The monoisotopic (exact) mass is 629 g/mol. The van der Waals surface area contributed by atoms with E-state index in [1.807, 2.05) is 67.6 Å². The predicted octanol–water partition coefficient (Wildman–Crippen LogP) is 7.31. The smallest absolute Gasteiger partial charge is 0.266 e. The van der Waals surface area contributed by atoms with E-state index in [2.05, 4.69) is 46.7 Å². The number of amides is 1. The lowest BCUT2D eigenvalue weighted by molar-refractivity contribution is -0.112. The summed E-state index contributed by atoms with van der Waals surface area (Å²) < 4.78 is 12.7. The predicted molar refractivity (Wildman–Crippen MR) is 158 cm³/mol. The molecule has 3 rings (SSSR count). The molecule has 192 valence electrons. The molecule has 0 aliphatic heterocycles. The van der Waals surface area contributed by atoms with Crippen LogP contribution in [0.2, 0.25) is 5.02 Å². The molecule has 1 N–H and O–H groups in total. The molecule has 3 aromatic carbocycles. The first-order valence-electron chi connectivity index (χ1n) is 12.0. The Bertz CT molecular complexity index is 1280. The van der Waals surface area contributed by atoms with Gasteiger partial charge in [-0.1, -0.05) is 23.7 Å². The second-order valence-corrected chi connectivity index (χ2v) is 9.62. The molecule has 6 nitrogen and oxygen atoms in total. The molecule has 0 radical (unpaired) electrons. The Morgan fingerprint density at radius 1 is 1.05 bits per heavy atom. The Morgan fingerprint density at radius 3 is 2.32 bits per heavy atom. The highest BCUT2D eigenvalue weighted by molar-refractivity contribution is 14.1. The molecule has 37 heavy (non-hydrogen) atoms. The van der Waals surface area contributed by atoms with Crippen molar-refractivity contribution < 1.29 is 14.3 Å². The Hall–Kier alpha value is -3.22. The third-order valence-electron chi connectivity index (χ3n) is 5.56. The van der Waals surface area contributed by atoms with Crippen molar-refractivity contribution in [2.24, 2.45) is 0 Å². The second kappa shape index (κ2) is 13.9. The quantitative estimate of drug-likeness (QED) is 0.137. The minimum absolute atomic E-state index is 0.0131. The minimum Gasteiger partial charge on any atom is -0.490 e. The molecule has 0 spiro atoms. The highest BCUT2D eigenvalue weighted by atomic mass is 127. The highest BCUT2D eigenvalue weighted by Crippen LogP contribution is 2.35. The largest absolute Gasteiger partial charge is 0.490 e. The van der Waals surface area contributed by atoms with Gasteiger partial charge < -0.3 is 19.7 Å². The zero-order valence-corrected chi connectivity index (χ0v) is 24.0. The minimum atomic E-state index is -0.478. The number of carbonyl (C=O) groups is 1. The van der Waals surface area contributed by atoms with Gasteiger partial charge in [0.15, 0.2) is 11.5 Å². The zero-order valence-electron chi connectivity index (χ0n) is 21.1. The van der Waals surface area contributed by atoms with Gasteiger partial charge in [0.05, 0.1) is 10.2 Å². The van der Waals surface area contributed by atoms with Crippen molar-refractivity contribution in [3.8, 4) is 17.6 Å². The summed E-state index contributed by atoms with van der Waals surface area (Å²) in [5.41, 5.74) is 3.32. The van der Waals surface area contributed by atoms with Crippen molar-refractivity contribution in [3.63, 3.8) is 0 Å². The van der Waals surface area contributed by atoms with Gasteiger partial charge in [-0.15, -0.1) is 0 Å². The van der Waals surface area contributed by atoms with Gasteiger partial charge in [-0.3, -0.25) is 4.79 Å². The fourth-order valence-electron chi connectivity index (χ4n) is 3.67. The normalized spacial score (nSPS) is 11.0. The molecule has 0 bridgehead atoms. The van der Waals surface area contributed by atoms with E-state index in [0.717, 1.165) is 27.9 Å². The van der Waals surface area contributed by atoms with Crippen LogP contribution in [-0.2, 0) is 11.4 Å². The van der Waals surface area contributed by atoms with E-state index in [-0.39, 0.29) is 5.57 Å². The van der Waals surface area contributed by atoms with E-state index in [1.165, 1.54) is 0 Å². The number of rotatable bonds is 11. The van der Waals surface area contributed by atoms with Crippen molar-refractivity contribution in [2.45, 2.75) is 27.4 Å². The number of halogens is 2. The molecular weight excluding hydrogens is 601 g/mol. The van der Waals surface area contributed by atoms with Crippen LogP contribution in [0.5, 0.6) is 11.5 Å². The average Bonchev–Trinajstić information content (AvgIpc) is 2.89. The molecule has 3 aromatic rings. The number of benzene rings is 3. The number of nitrogens with one attached hydrogen (secondary N) is 1. The Morgan fingerprint density at radius 2 is 1.73 bits per heavy atom. The van der Waals surface area contributed by atoms with Crippen LogP contribution in [0.25, 0.3) is 6.08 Å². The molecule has 0 heterocycles. The first kappa shape index (κ1) is 28.4. The summed E-state index contributed by atoms with van der Waals surface area (Å²) in [7, 11) is 0. The molecular formula is C29H29ClIN3O3. The number of ether oxygens (including phenoxy) is 2. The zero-order chi connectivity index (χ0) is 26.8. The van der Waals surface area contributed by atoms with Gasteiger partial charge >= 0.3 is 0 Å². The standard InChI is InChI=1S/C29H29ClIN3O3/c1-4-34(5-2)25-13-11-24(12-14-25)33-29(35)22(18-32)15-21-16-26(31)28(27(17-21)36-6-3)37-19-20-7-9-23(30)10-8-20/h7-17H,4-6,19H2,1-3H3,(H,33,35)/b22-15-. The maximum Gasteiger partial charge on any atom is 0.266 e. The number of hydrogen-bond donors (Lipinski definition) is 1. The van der Waals surface area contributed by atoms with Gasteiger partial charge in [-0.2, -0.15) is 5.26 Å². The topological polar surface area (TPSA) is 74.6 Å².